The van der Waals surface area contributed by atoms with E-state index in [1.807, 2.05) is 18.2 Å². The van der Waals surface area contributed by atoms with Crippen LogP contribution in [0.3, 0.4) is 0 Å². The summed E-state index contributed by atoms with van der Waals surface area (Å²) < 4.78 is 14.5. The average Bonchev–Trinajstić information content (AvgIpc) is 2.84. The molecule has 0 aliphatic rings. The molecule has 0 N–H and O–H groups in total. The minimum atomic E-state index is -0.338. The Labute approximate surface area is 199 Å². The van der Waals surface area contributed by atoms with E-state index in [-0.39, 0.29) is 5.82 Å². The van der Waals surface area contributed by atoms with Gasteiger partial charge in [0.2, 0.25) is 0 Å². The molecule has 3 aromatic rings. The highest BCUT2D eigenvalue weighted by atomic mass is 19.1. The van der Waals surface area contributed by atoms with Crippen molar-refractivity contribution in [3.63, 3.8) is 0 Å². The average molecular weight is 437 g/mol. The van der Waals surface area contributed by atoms with Crippen LogP contribution in [-0.2, 0) is 12.8 Å². The first-order chi connectivity index (χ1) is 16.2. The van der Waals surface area contributed by atoms with Crippen molar-refractivity contribution in [2.24, 2.45) is 0 Å². The third-order valence-electron chi connectivity index (χ3n) is 5.68. The van der Waals surface area contributed by atoms with Crippen molar-refractivity contribution >= 4 is 0 Å². The Morgan fingerprint density at radius 2 is 1.09 bits per heavy atom. The van der Waals surface area contributed by atoms with Gasteiger partial charge in [0.25, 0.3) is 0 Å². The quantitative estimate of drug-likeness (QED) is 0.247. The second-order valence-corrected chi connectivity index (χ2v) is 8.50. The van der Waals surface area contributed by atoms with Crippen molar-refractivity contribution in [3.05, 3.63) is 106 Å². The number of hydrogen-bond acceptors (Lipinski definition) is 0. The Kier molecular flexibility index (Phi) is 9.82. The number of aryl methyl sites for hydroxylation is 2. The summed E-state index contributed by atoms with van der Waals surface area (Å²) in [6.07, 6.45) is 9.78. The first kappa shape index (κ1) is 24.4. The highest BCUT2D eigenvalue weighted by Gasteiger charge is 2.00. The smallest absolute Gasteiger partial charge is 0.140 e. The van der Waals surface area contributed by atoms with Crippen LogP contribution >= 0.6 is 0 Å². The zero-order valence-electron chi connectivity index (χ0n) is 19.9. The zero-order chi connectivity index (χ0) is 23.3. The van der Waals surface area contributed by atoms with Gasteiger partial charge in [0.15, 0.2) is 0 Å². The van der Waals surface area contributed by atoms with Crippen molar-refractivity contribution in [1.82, 2.24) is 0 Å². The van der Waals surface area contributed by atoms with Gasteiger partial charge in [0.1, 0.15) is 5.82 Å². The van der Waals surface area contributed by atoms with Gasteiger partial charge in [-0.05, 0) is 72.9 Å². The van der Waals surface area contributed by atoms with Crippen LogP contribution in [0.4, 0.5) is 4.39 Å². The summed E-state index contributed by atoms with van der Waals surface area (Å²) >= 11 is 0. The lowest BCUT2D eigenvalue weighted by Crippen LogP contribution is -1.87. The van der Waals surface area contributed by atoms with Gasteiger partial charge < -0.3 is 0 Å². The van der Waals surface area contributed by atoms with Crippen LogP contribution < -0.4 is 0 Å². The van der Waals surface area contributed by atoms with Crippen molar-refractivity contribution in [2.75, 3.05) is 0 Å². The Balaban J connectivity index is 1.59. The molecule has 0 aliphatic carbocycles. The van der Waals surface area contributed by atoms with E-state index in [2.05, 4.69) is 73.9 Å². The molecule has 0 atom stereocenters. The molecule has 0 nitrogen and oxygen atoms in total. The van der Waals surface area contributed by atoms with Gasteiger partial charge in [0.05, 0.1) is 5.56 Å². The van der Waals surface area contributed by atoms with Crippen molar-refractivity contribution in [2.45, 2.75) is 65.2 Å². The van der Waals surface area contributed by atoms with E-state index >= 15 is 0 Å². The van der Waals surface area contributed by atoms with Crippen LogP contribution in [0.25, 0.3) is 0 Å². The van der Waals surface area contributed by atoms with Gasteiger partial charge in [-0.2, -0.15) is 0 Å². The fourth-order valence-electron chi connectivity index (χ4n) is 3.71. The van der Waals surface area contributed by atoms with Gasteiger partial charge in [-0.25, -0.2) is 4.39 Å². The molecule has 3 rings (SSSR count). The zero-order valence-corrected chi connectivity index (χ0v) is 19.9. The molecular formula is C32H33F. The van der Waals surface area contributed by atoms with Crippen LogP contribution in [-0.4, -0.2) is 0 Å². The normalized spacial score (nSPS) is 10.2. The molecule has 0 aliphatic heterocycles. The van der Waals surface area contributed by atoms with Crippen LogP contribution in [0.2, 0.25) is 0 Å². The number of rotatable bonds is 8. The molecule has 33 heavy (non-hydrogen) atoms. The Morgan fingerprint density at radius 1 is 0.545 bits per heavy atom. The number of benzene rings is 3. The molecule has 3 aromatic carbocycles. The summed E-state index contributed by atoms with van der Waals surface area (Å²) in [5, 5.41) is 0. The van der Waals surface area contributed by atoms with Crippen molar-refractivity contribution < 1.29 is 4.39 Å². The van der Waals surface area contributed by atoms with Gasteiger partial charge in [-0.3, -0.25) is 0 Å². The molecule has 0 amide bonds. The predicted octanol–water partition coefficient (Wildman–Crippen LogP) is 8.09. The van der Waals surface area contributed by atoms with Crippen LogP contribution in [0.1, 0.15) is 85.8 Å². The monoisotopic (exact) mass is 436 g/mol. The number of halogens is 1. The molecule has 0 bridgehead atoms. The van der Waals surface area contributed by atoms with E-state index in [1.165, 1.54) is 49.3 Å². The van der Waals surface area contributed by atoms with Crippen molar-refractivity contribution in [3.8, 4) is 23.7 Å². The number of unbranched alkanes of at least 4 members (excludes halogenated alkanes) is 4. The lowest BCUT2D eigenvalue weighted by Gasteiger charge is -2.02. The lowest BCUT2D eigenvalue weighted by atomic mass is 10.0. The third-order valence-corrected chi connectivity index (χ3v) is 5.68. The van der Waals surface area contributed by atoms with E-state index in [0.717, 1.165) is 30.4 Å². The summed E-state index contributed by atoms with van der Waals surface area (Å²) in [4.78, 5) is 0. The van der Waals surface area contributed by atoms with Crippen LogP contribution in [0.15, 0.2) is 66.7 Å². The summed E-state index contributed by atoms with van der Waals surface area (Å²) in [6, 6.07) is 21.6. The van der Waals surface area contributed by atoms with E-state index in [9.17, 15) is 4.39 Å². The minimum Gasteiger partial charge on any atom is -0.206 e. The summed E-state index contributed by atoms with van der Waals surface area (Å²) in [7, 11) is 0. The van der Waals surface area contributed by atoms with Crippen LogP contribution in [0.5, 0.6) is 0 Å². The molecule has 0 spiro atoms. The molecule has 0 aromatic heterocycles. The molecule has 0 unspecified atom stereocenters. The SMILES string of the molecule is CCCCCCCc1ccc(C#Cc2ccc(C#Cc3ccc(CCC)cc3)c(F)c2)cc1. The third kappa shape index (κ3) is 8.29. The van der Waals surface area contributed by atoms with Gasteiger partial charge in [-0.15, -0.1) is 0 Å². The van der Waals surface area contributed by atoms with Gasteiger partial charge >= 0.3 is 0 Å². The summed E-state index contributed by atoms with van der Waals surface area (Å²) in [5.74, 6) is 11.9. The topological polar surface area (TPSA) is 0 Å². The predicted molar refractivity (Wildman–Crippen MR) is 138 cm³/mol. The Morgan fingerprint density at radius 3 is 1.70 bits per heavy atom. The molecule has 1 heteroatoms. The summed E-state index contributed by atoms with van der Waals surface area (Å²) in [5.41, 5.74) is 5.53. The van der Waals surface area contributed by atoms with Crippen LogP contribution in [0, 0.1) is 29.5 Å². The van der Waals surface area contributed by atoms with Gasteiger partial charge in [-0.1, -0.05) is 93.9 Å². The first-order valence-electron chi connectivity index (χ1n) is 12.2. The number of hydrogen-bond donors (Lipinski definition) is 0. The largest absolute Gasteiger partial charge is 0.206 e. The van der Waals surface area contributed by atoms with Crippen molar-refractivity contribution in [1.29, 1.82) is 0 Å². The highest BCUT2D eigenvalue weighted by molar-refractivity contribution is 5.49. The fourth-order valence-corrected chi connectivity index (χ4v) is 3.71. The standard InChI is InChI=1S/C32H33F/c1-3-5-6-7-8-10-27-13-17-28(18-14-27)19-20-30-22-24-31(32(33)25-30)23-21-29-15-11-26(9-4-2)12-16-29/h11-18,22,24-25H,3-10H2,1-2H3. The molecule has 0 radical (unpaired) electrons. The Hall–Kier alpha value is -3.29. The first-order valence-corrected chi connectivity index (χ1v) is 12.2. The maximum atomic E-state index is 14.5. The lowest BCUT2D eigenvalue weighted by molar-refractivity contribution is 0.624. The molecule has 168 valence electrons. The molecule has 0 saturated heterocycles. The molecule has 0 saturated carbocycles. The molecule has 0 heterocycles. The highest BCUT2D eigenvalue weighted by Crippen LogP contribution is 2.12. The second-order valence-electron chi connectivity index (χ2n) is 8.50. The van der Waals surface area contributed by atoms with E-state index in [4.69, 9.17) is 0 Å². The molecule has 0 fully saturated rings. The fraction of sp³-hybridized carbons (Fsp3) is 0.312. The minimum absolute atomic E-state index is 0.338. The second kappa shape index (κ2) is 13.3. The maximum absolute atomic E-state index is 14.5. The Bertz CT molecular complexity index is 1130. The van der Waals surface area contributed by atoms with Gasteiger partial charge in [0, 0.05) is 16.7 Å². The maximum Gasteiger partial charge on any atom is 0.140 e. The van der Waals surface area contributed by atoms with E-state index in [1.54, 1.807) is 6.07 Å². The van der Waals surface area contributed by atoms with E-state index < -0.39 is 0 Å². The summed E-state index contributed by atoms with van der Waals surface area (Å²) in [6.45, 7) is 4.41. The van der Waals surface area contributed by atoms with E-state index in [0.29, 0.717) is 11.1 Å². The molecular weight excluding hydrogens is 403 g/mol.